The summed E-state index contributed by atoms with van der Waals surface area (Å²) >= 11 is 0. The molecule has 0 aliphatic carbocycles. The van der Waals surface area contributed by atoms with E-state index < -0.39 is 0 Å². The number of aliphatic imine (C=N–C) groups is 1. The number of ether oxygens (including phenoxy) is 1. The van der Waals surface area contributed by atoms with Crippen LogP contribution >= 0.6 is 0 Å². The number of hydrogen-bond acceptors (Lipinski definition) is 5. The molecule has 0 fully saturated rings. The molecular formula is C16H23N5O2. The van der Waals surface area contributed by atoms with Gasteiger partial charge in [-0.15, -0.1) is 0 Å². The van der Waals surface area contributed by atoms with E-state index in [1.54, 1.807) is 14.0 Å². The highest BCUT2D eigenvalue weighted by Crippen LogP contribution is 2.11. The Morgan fingerprint density at radius 3 is 2.70 bits per heavy atom. The first kappa shape index (κ1) is 16.8. The lowest BCUT2D eigenvalue weighted by molar-refractivity contribution is 0.199. The molecule has 1 atom stereocenters. The lowest BCUT2D eigenvalue weighted by Crippen LogP contribution is -2.42. The molecular weight excluding hydrogens is 294 g/mol. The van der Waals surface area contributed by atoms with E-state index in [2.05, 4.69) is 32.7 Å². The first-order valence-electron chi connectivity index (χ1n) is 7.66. The molecule has 7 nitrogen and oxygen atoms in total. The van der Waals surface area contributed by atoms with Crippen LogP contribution in [0.15, 0.2) is 39.8 Å². The van der Waals surface area contributed by atoms with Gasteiger partial charge in [0.15, 0.2) is 11.8 Å². The van der Waals surface area contributed by atoms with E-state index in [1.807, 2.05) is 30.3 Å². The van der Waals surface area contributed by atoms with Crippen LogP contribution in [0.2, 0.25) is 0 Å². The zero-order valence-corrected chi connectivity index (χ0v) is 13.7. The van der Waals surface area contributed by atoms with Crippen molar-refractivity contribution >= 4 is 5.96 Å². The van der Waals surface area contributed by atoms with E-state index >= 15 is 0 Å². The van der Waals surface area contributed by atoms with Gasteiger partial charge in [0.25, 0.3) is 0 Å². The monoisotopic (exact) mass is 317 g/mol. The Morgan fingerprint density at radius 1 is 1.30 bits per heavy atom. The molecule has 0 radical (unpaired) electrons. The van der Waals surface area contributed by atoms with Crippen LogP contribution in [-0.2, 0) is 6.54 Å². The standard InChI is InChI=1S/C16H23N5O2/c1-4-13(22-14-8-6-5-7-9-14)10-18-16(17-3)19-11-15-20-12(2)23-21-15/h5-9,13H,4,10-11H2,1-3H3,(H2,17,18,19)/t13-/m0/s1. The molecule has 0 unspecified atom stereocenters. The number of guanidine groups is 1. The predicted molar refractivity (Wildman–Crippen MR) is 88.4 cm³/mol. The van der Waals surface area contributed by atoms with E-state index in [0.717, 1.165) is 12.2 Å². The average Bonchev–Trinajstić information content (AvgIpc) is 3.00. The van der Waals surface area contributed by atoms with Crippen molar-refractivity contribution in [2.45, 2.75) is 32.9 Å². The SMILES string of the molecule is CC[C@@H](CNC(=NC)NCc1noc(C)n1)Oc1ccccc1. The van der Waals surface area contributed by atoms with E-state index in [1.165, 1.54) is 0 Å². The van der Waals surface area contributed by atoms with Crippen molar-refractivity contribution in [3.8, 4) is 5.75 Å². The maximum atomic E-state index is 5.94. The Morgan fingerprint density at radius 2 is 2.09 bits per heavy atom. The summed E-state index contributed by atoms with van der Waals surface area (Å²) in [7, 11) is 1.72. The van der Waals surface area contributed by atoms with Crippen LogP contribution < -0.4 is 15.4 Å². The van der Waals surface area contributed by atoms with Gasteiger partial charge >= 0.3 is 0 Å². The van der Waals surface area contributed by atoms with Crippen LogP contribution in [0.25, 0.3) is 0 Å². The highest BCUT2D eigenvalue weighted by molar-refractivity contribution is 5.79. The van der Waals surface area contributed by atoms with Crippen molar-refractivity contribution < 1.29 is 9.26 Å². The summed E-state index contributed by atoms with van der Waals surface area (Å²) in [5, 5.41) is 10.2. The molecule has 1 aromatic heterocycles. The molecule has 0 aliphatic rings. The minimum absolute atomic E-state index is 0.0587. The first-order chi connectivity index (χ1) is 11.2. The molecule has 124 valence electrons. The summed E-state index contributed by atoms with van der Waals surface area (Å²) in [5.41, 5.74) is 0. The van der Waals surface area contributed by atoms with Crippen LogP contribution in [0, 0.1) is 6.92 Å². The Kier molecular flexibility index (Phi) is 6.40. The van der Waals surface area contributed by atoms with Gasteiger partial charge in [-0.1, -0.05) is 30.3 Å². The Labute approximate surface area is 136 Å². The smallest absolute Gasteiger partial charge is 0.223 e. The third-order valence-electron chi connectivity index (χ3n) is 3.21. The quantitative estimate of drug-likeness (QED) is 0.599. The maximum absolute atomic E-state index is 5.94. The van der Waals surface area contributed by atoms with Crippen LogP contribution in [0.5, 0.6) is 5.75 Å². The number of para-hydroxylation sites is 1. The molecule has 0 spiro atoms. The van der Waals surface area contributed by atoms with Crippen LogP contribution in [0.4, 0.5) is 0 Å². The molecule has 0 bridgehead atoms. The van der Waals surface area contributed by atoms with Gasteiger partial charge in [0.05, 0.1) is 13.1 Å². The molecule has 0 aliphatic heterocycles. The van der Waals surface area contributed by atoms with Crippen LogP contribution in [-0.4, -0.2) is 35.8 Å². The maximum Gasteiger partial charge on any atom is 0.223 e. The lowest BCUT2D eigenvalue weighted by atomic mass is 10.2. The molecule has 0 saturated heterocycles. The molecule has 0 saturated carbocycles. The Balaban J connectivity index is 1.79. The summed E-state index contributed by atoms with van der Waals surface area (Å²) in [5.74, 6) is 2.68. The van der Waals surface area contributed by atoms with Crippen molar-refractivity contribution in [1.82, 2.24) is 20.8 Å². The number of nitrogens with zero attached hydrogens (tertiary/aromatic N) is 3. The van der Waals surface area contributed by atoms with Gasteiger partial charge < -0.3 is 19.9 Å². The number of nitrogens with one attached hydrogen (secondary N) is 2. The number of aryl methyl sites for hydroxylation is 1. The topological polar surface area (TPSA) is 84.6 Å². The van der Waals surface area contributed by atoms with E-state index in [-0.39, 0.29) is 6.10 Å². The van der Waals surface area contributed by atoms with Gasteiger partial charge in [-0.3, -0.25) is 4.99 Å². The Bertz CT molecular complexity index is 612. The molecule has 2 aromatic rings. The lowest BCUT2D eigenvalue weighted by Gasteiger charge is -2.19. The predicted octanol–water partition coefficient (Wildman–Crippen LogP) is 1.90. The second kappa shape index (κ2) is 8.77. The van der Waals surface area contributed by atoms with Crippen LogP contribution in [0.3, 0.4) is 0 Å². The van der Waals surface area contributed by atoms with Gasteiger partial charge in [-0.25, -0.2) is 0 Å². The van der Waals surface area contributed by atoms with E-state index in [4.69, 9.17) is 9.26 Å². The third-order valence-corrected chi connectivity index (χ3v) is 3.21. The second-order valence-electron chi connectivity index (χ2n) is 5.00. The number of benzene rings is 1. The van der Waals surface area contributed by atoms with Gasteiger partial charge in [-0.2, -0.15) is 4.98 Å². The number of hydrogen-bond donors (Lipinski definition) is 2. The van der Waals surface area contributed by atoms with Crippen molar-refractivity contribution in [2.75, 3.05) is 13.6 Å². The molecule has 2 N–H and O–H groups in total. The third kappa shape index (κ3) is 5.61. The van der Waals surface area contributed by atoms with E-state index in [0.29, 0.717) is 30.8 Å². The summed E-state index contributed by atoms with van der Waals surface area (Å²) in [6, 6.07) is 9.80. The molecule has 7 heteroatoms. The van der Waals surface area contributed by atoms with Gasteiger partial charge in [0, 0.05) is 14.0 Å². The summed E-state index contributed by atoms with van der Waals surface area (Å²) < 4.78 is 10.9. The molecule has 23 heavy (non-hydrogen) atoms. The summed E-state index contributed by atoms with van der Waals surface area (Å²) in [6.07, 6.45) is 0.950. The normalized spacial score (nSPS) is 12.7. The highest BCUT2D eigenvalue weighted by Gasteiger charge is 2.10. The van der Waals surface area contributed by atoms with E-state index in [9.17, 15) is 0 Å². The van der Waals surface area contributed by atoms with Crippen LogP contribution in [0.1, 0.15) is 25.1 Å². The average molecular weight is 317 g/mol. The zero-order valence-electron chi connectivity index (χ0n) is 13.7. The molecule has 1 aromatic carbocycles. The number of rotatable bonds is 7. The minimum Gasteiger partial charge on any atom is -0.489 e. The summed E-state index contributed by atoms with van der Waals surface area (Å²) in [4.78, 5) is 8.31. The van der Waals surface area contributed by atoms with Gasteiger partial charge in [-0.05, 0) is 18.6 Å². The van der Waals surface area contributed by atoms with Gasteiger partial charge in [0.2, 0.25) is 5.89 Å². The fraction of sp³-hybridized carbons (Fsp3) is 0.438. The second-order valence-corrected chi connectivity index (χ2v) is 5.00. The van der Waals surface area contributed by atoms with Crippen molar-refractivity contribution in [3.63, 3.8) is 0 Å². The first-order valence-corrected chi connectivity index (χ1v) is 7.66. The fourth-order valence-corrected chi connectivity index (χ4v) is 1.97. The molecule has 0 amide bonds. The minimum atomic E-state index is 0.0587. The van der Waals surface area contributed by atoms with Crippen molar-refractivity contribution in [3.05, 3.63) is 42.0 Å². The highest BCUT2D eigenvalue weighted by atomic mass is 16.5. The van der Waals surface area contributed by atoms with Gasteiger partial charge in [0.1, 0.15) is 11.9 Å². The van der Waals surface area contributed by atoms with Crippen molar-refractivity contribution in [1.29, 1.82) is 0 Å². The number of aromatic nitrogens is 2. The largest absolute Gasteiger partial charge is 0.489 e. The Hall–Kier alpha value is -2.57. The summed E-state index contributed by atoms with van der Waals surface area (Å²) in [6.45, 7) is 4.95. The fourth-order valence-electron chi connectivity index (χ4n) is 1.97. The molecule has 2 rings (SSSR count). The molecule has 1 heterocycles. The van der Waals surface area contributed by atoms with Crippen molar-refractivity contribution in [2.24, 2.45) is 4.99 Å². The zero-order chi connectivity index (χ0) is 16.5.